The van der Waals surface area contributed by atoms with Gasteiger partial charge < -0.3 is 14.5 Å². The standard InChI is InChI=1S/C16H20ClNO2/c1-18-15(16(19-2)7-3-4-8-16)14-10-11-9-12(17)5-6-13(11)20-14/h5-6,9-10,15,18H,3-4,7-8H2,1-2H3. The quantitative estimate of drug-likeness (QED) is 0.912. The van der Waals surface area contributed by atoms with Gasteiger partial charge in [-0.2, -0.15) is 0 Å². The third kappa shape index (κ3) is 2.24. The van der Waals surface area contributed by atoms with E-state index in [1.54, 1.807) is 7.11 Å². The predicted molar refractivity (Wildman–Crippen MR) is 81.2 cm³/mol. The Kier molecular flexibility index (Phi) is 3.76. The summed E-state index contributed by atoms with van der Waals surface area (Å²) in [5, 5.41) is 5.14. The average Bonchev–Trinajstić information content (AvgIpc) is 3.06. The predicted octanol–water partition coefficient (Wildman–Crippen LogP) is 4.31. The lowest BCUT2D eigenvalue weighted by Crippen LogP contribution is -2.42. The smallest absolute Gasteiger partial charge is 0.134 e. The zero-order valence-corrected chi connectivity index (χ0v) is 12.7. The molecule has 3 rings (SSSR count). The molecule has 1 saturated carbocycles. The lowest BCUT2D eigenvalue weighted by molar-refractivity contribution is -0.0397. The zero-order valence-electron chi connectivity index (χ0n) is 11.9. The molecule has 0 bridgehead atoms. The highest BCUT2D eigenvalue weighted by Crippen LogP contribution is 2.43. The van der Waals surface area contributed by atoms with E-state index in [0.29, 0.717) is 0 Å². The summed E-state index contributed by atoms with van der Waals surface area (Å²) < 4.78 is 11.9. The summed E-state index contributed by atoms with van der Waals surface area (Å²) >= 11 is 6.04. The summed E-state index contributed by atoms with van der Waals surface area (Å²) in [6, 6.07) is 7.85. The van der Waals surface area contributed by atoms with Gasteiger partial charge in [0.05, 0.1) is 11.6 Å². The molecule has 0 aliphatic heterocycles. The highest BCUT2D eigenvalue weighted by atomic mass is 35.5. The van der Waals surface area contributed by atoms with E-state index in [-0.39, 0.29) is 11.6 Å². The summed E-state index contributed by atoms with van der Waals surface area (Å²) in [5.74, 6) is 0.925. The van der Waals surface area contributed by atoms with Crippen molar-refractivity contribution in [2.24, 2.45) is 0 Å². The van der Waals surface area contributed by atoms with Gasteiger partial charge in [0.15, 0.2) is 0 Å². The highest BCUT2D eigenvalue weighted by molar-refractivity contribution is 6.31. The monoisotopic (exact) mass is 293 g/mol. The Labute approximate surface area is 124 Å². The maximum absolute atomic E-state index is 6.04. The number of benzene rings is 1. The van der Waals surface area contributed by atoms with Gasteiger partial charge in [0.2, 0.25) is 0 Å². The van der Waals surface area contributed by atoms with Crippen molar-refractivity contribution in [1.82, 2.24) is 5.32 Å². The Bertz CT molecular complexity index is 602. The van der Waals surface area contributed by atoms with Crippen molar-refractivity contribution in [3.63, 3.8) is 0 Å². The number of likely N-dealkylation sites (N-methyl/N-ethyl adjacent to an activating group) is 1. The second-order valence-electron chi connectivity index (χ2n) is 5.53. The molecule has 108 valence electrons. The van der Waals surface area contributed by atoms with E-state index in [0.717, 1.165) is 34.6 Å². The SMILES string of the molecule is CNC(c1cc2cc(Cl)ccc2o1)C1(OC)CCCC1. The summed E-state index contributed by atoms with van der Waals surface area (Å²) in [6.45, 7) is 0. The molecule has 1 aromatic heterocycles. The lowest BCUT2D eigenvalue weighted by atomic mass is 9.90. The van der Waals surface area contributed by atoms with E-state index < -0.39 is 0 Å². The molecule has 4 heteroatoms. The summed E-state index contributed by atoms with van der Waals surface area (Å²) in [6.07, 6.45) is 4.54. The summed E-state index contributed by atoms with van der Waals surface area (Å²) in [4.78, 5) is 0. The van der Waals surface area contributed by atoms with Crippen molar-refractivity contribution in [3.8, 4) is 0 Å². The molecule has 1 atom stereocenters. The molecule has 1 N–H and O–H groups in total. The van der Waals surface area contributed by atoms with Crippen LogP contribution in [0, 0.1) is 0 Å². The van der Waals surface area contributed by atoms with Gasteiger partial charge >= 0.3 is 0 Å². The third-order valence-electron chi connectivity index (χ3n) is 4.45. The van der Waals surface area contributed by atoms with Crippen LogP contribution in [-0.4, -0.2) is 19.8 Å². The first-order chi connectivity index (χ1) is 9.68. The normalized spacial score (nSPS) is 19.6. The Balaban J connectivity index is 2.02. The van der Waals surface area contributed by atoms with Crippen LogP contribution in [-0.2, 0) is 4.74 Å². The van der Waals surface area contributed by atoms with Crippen LogP contribution in [0.2, 0.25) is 5.02 Å². The fourth-order valence-corrected chi connectivity index (χ4v) is 3.61. The second-order valence-corrected chi connectivity index (χ2v) is 5.97. The molecule has 0 spiro atoms. The van der Waals surface area contributed by atoms with Crippen molar-refractivity contribution >= 4 is 22.6 Å². The van der Waals surface area contributed by atoms with Gasteiger partial charge in [0.1, 0.15) is 11.3 Å². The number of hydrogen-bond acceptors (Lipinski definition) is 3. The Hall–Kier alpha value is -1.03. The van der Waals surface area contributed by atoms with Crippen molar-refractivity contribution in [3.05, 3.63) is 35.0 Å². The summed E-state index contributed by atoms with van der Waals surface area (Å²) in [7, 11) is 3.76. The average molecular weight is 294 g/mol. The molecular formula is C16H20ClNO2. The molecule has 1 unspecified atom stereocenters. The minimum Gasteiger partial charge on any atom is -0.459 e. The molecule has 0 radical (unpaired) electrons. The van der Waals surface area contributed by atoms with Crippen molar-refractivity contribution < 1.29 is 9.15 Å². The van der Waals surface area contributed by atoms with Gasteiger partial charge in [0, 0.05) is 17.5 Å². The summed E-state index contributed by atoms with van der Waals surface area (Å²) in [5.41, 5.74) is 0.709. The van der Waals surface area contributed by atoms with Gasteiger partial charge in [0.25, 0.3) is 0 Å². The van der Waals surface area contributed by atoms with Crippen LogP contribution in [0.4, 0.5) is 0 Å². The number of halogens is 1. The number of ether oxygens (including phenoxy) is 1. The number of hydrogen-bond donors (Lipinski definition) is 1. The maximum atomic E-state index is 6.04. The van der Waals surface area contributed by atoms with Gasteiger partial charge in [-0.1, -0.05) is 24.4 Å². The Morgan fingerprint density at radius 2 is 2.05 bits per heavy atom. The van der Waals surface area contributed by atoms with E-state index in [2.05, 4.69) is 11.4 Å². The molecule has 0 amide bonds. The van der Waals surface area contributed by atoms with Crippen molar-refractivity contribution in [1.29, 1.82) is 0 Å². The van der Waals surface area contributed by atoms with Gasteiger partial charge in [-0.3, -0.25) is 0 Å². The van der Waals surface area contributed by atoms with Crippen molar-refractivity contribution in [2.75, 3.05) is 14.2 Å². The minimum absolute atomic E-state index is 0.0705. The fourth-order valence-electron chi connectivity index (χ4n) is 3.43. The Morgan fingerprint density at radius 3 is 2.70 bits per heavy atom. The molecule has 0 saturated heterocycles. The molecular weight excluding hydrogens is 274 g/mol. The first-order valence-corrected chi connectivity index (χ1v) is 7.48. The molecule has 1 fully saturated rings. The maximum Gasteiger partial charge on any atom is 0.134 e. The second kappa shape index (κ2) is 5.40. The van der Waals surface area contributed by atoms with Gasteiger partial charge in [-0.15, -0.1) is 0 Å². The number of methoxy groups -OCH3 is 1. The van der Waals surface area contributed by atoms with Crippen LogP contribution in [0.1, 0.15) is 37.5 Å². The molecule has 20 heavy (non-hydrogen) atoms. The first kappa shape index (κ1) is 13.9. The van der Waals surface area contributed by atoms with Crippen LogP contribution in [0.25, 0.3) is 11.0 Å². The molecule has 1 aliphatic carbocycles. The van der Waals surface area contributed by atoms with E-state index in [9.17, 15) is 0 Å². The van der Waals surface area contributed by atoms with Crippen LogP contribution >= 0.6 is 11.6 Å². The zero-order chi connectivity index (χ0) is 14.2. The minimum atomic E-state index is -0.160. The van der Waals surface area contributed by atoms with Crippen LogP contribution in [0.5, 0.6) is 0 Å². The molecule has 1 aromatic carbocycles. The third-order valence-corrected chi connectivity index (χ3v) is 4.69. The highest BCUT2D eigenvalue weighted by Gasteiger charge is 2.43. The topological polar surface area (TPSA) is 34.4 Å². The van der Waals surface area contributed by atoms with Crippen LogP contribution < -0.4 is 5.32 Å². The molecule has 1 aliphatic rings. The molecule has 3 nitrogen and oxygen atoms in total. The first-order valence-electron chi connectivity index (χ1n) is 7.10. The number of rotatable bonds is 4. The fraction of sp³-hybridized carbons (Fsp3) is 0.500. The van der Waals surface area contributed by atoms with Gasteiger partial charge in [-0.25, -0.2) is 0 Å². The van der Waals surface area contributed by atoms with E-state index in [1.807, 2.05) is 25.2 Å². The number of furan rings is 1. The number of nitrogens with one attached hydrogen (secondary N) is 1. The van der Waals surface area contributed by atoms with Crippen LogP contribution in [0.3, 0.4) is 0 Å². The van der Waals surface area contributed by atoms with Crippen molar-refractivity contribution in [2.45, 2.75) is 37.3 Å². The van der Waals surface area contributed by atoms with E-state index in [1.165, 1.54) is 12.8 Å². The largest absolute Gasteiger partial charge is 0.459 e. The van der Waals surface area contributed by atoms with Crippen LogP contribution in [0.15, 0.2) is 28.7 Å². The van der Waals surface area contributed by atoms with E-state index in [4.69, 9.17) is 20.8 Å². The molecule has 2 aromatic rings. The number of fused-ring (bicyclic) bond motifs is 1. The van der Waals surface area contributed by atoms with Gasteiger partial charge in [-0.05, 0) is 44.2 Å². The lowest BCUT2D eigenvalue weighted by Gasteiger charge is -2.34. The van der Waals surface area contributed by atoms with E-state index >= 15 is 0 Å². The Morgan fingerprint density at radius 1 is 1.30 bits per heavy atom. The molecule has 1 heterocycles.